The summed E-state index contributed by atoms with van der Waals surface area (Å²) in [7, 11) is 1.52. The molecule has 9 heteroatoms. The monoisotopic (exact) mass is 385 g/mol. The zero-order chi connectivity index (χ0) is 22.8. The average Bonchev–Trinajstić information content (AvgIpc) is 3.09. The number of methoxy groups -OCH3 is 1. The minimum absolute atomic E-state index is 0.0172. The summed E-state index contributed by atoms with van der Waals surface area (Å²) < 4.78 is 29.3. The maximum atomic E-state index is 12.5. The Labute approximate surface area is 166 Å². The van der Waals surface area contributed by atoms with Crippen molar-refractivity contribution in [1.82, 2.24) is 20.1 Å². The lowest BCUT2D eigenvalue weighted by Gasteiger charge is -2.16. The van der Waals surface area contributed by atoms with Gasteiger partial charge in [0, 0.05) is 42.2 Å². The summed E-state index contributed by atoms with van der Waals surface area (Å²) in [6.45, 7) is 1.23. The van der Waals surface area contributed by atoms with Gasteiger partial charge in [-0.2, -0.15) is 5.10 Å². The second-order valence-electron chi connectivity index (χ2n) is 5.92. The molecule has 0 radical (unpaired) electrons. The molecule has 0 bridgehead atoms. The van der Waals surface area contributed by atoms with E-state index in [9.17, 15) is 9.59 Å². The van der Waals surface area contributed by atoms with Crippen molar-refractivity contribution in [3.63, 3.8) is 0 Å². The third-order valence-electron chi connectivity index (χ3n) is 4.10. The third kappa shape index (κ3) is 3.59. The first-order valence-electron chi connectivity index (χ1n) is 10.0. The van der Waals surface area contributed by atoms with Gasteiger partial charge >= 0.3 is 0 Å². The number of hydrogen-bond donors (Lipinski definition) is 3. The van der Waals surface area contributed by atoms with Crippen LogP contribution in [0.15, 0.2) is 30.6 Å². The van der Waals surface area contributed by atoms with Crippen molar-refractivity contribution in [3.8, 4) is 5.75 Å². The predicted molar refractivity (Wildman–Crippen MR) is 107 cm³/mol. The number of pyridine rings is 1. The van der Waals surface area contributed by atoms with Gasteiger partial charge in [0.1, 0.15) is 11.3 Å². The lowest BCUT2D eigenvalue weighted by Crippen LogP contribution is -2.20. The molecule has 0 unspecified atom stereocenters. The van der Waals surface area contributed by atoms with Gasteiger partial charge in [-0.05, 0) is 19.1 Å². The Balaban J connectivity index is 2.10. The minimum atomic E-state index is -2.67. The van der Waals surface area contributed by atoms with Gasteiger partial charge in [0.25, 0.3) is 5.91 Å². The number of aryl methyl sites for hydroxylation is 1. The van der Waals surface area contributed by atoms with Crippen LogP contribution in [0.3, 0.4) is 0 Å². The van der Waals surface area contributed by atoms with E-state index < -0.39 is 12.9 Å². The third-order valence-corrected chi connectivity index (χ3v) is 4.10. The molecule has 2 heterocycles. The average molecular weight is 385 g/mol. The van der Waals surface area contributed by atoms with Gasteiger partial charge in [0.05, 0.1) is 30.2 Å². The number of nitrogens with one attached hydrogen (secondary N) is 3. The van der Waals surface area contributed by atoms with E-state index in [4.69, 9.17) is 8.85 Å². The summed E-state index contributed by atoms with van der Waals surface area (Å²) in [4.78, 5) is 28.0. The molecular formula is C19H22N6O3. The second-order valence-corrected chi connectivity index (χ2v) is 5.92. The molecule has 3 N–H and O–H groups in total. The van der Waals surface area contributed by atoms with Crippen LogP contribution in [-0.2, 0) is 11.3 Å². The second kappa shape index (κ2) is 7.95. The number of anilines is 3. The number of rotatable bonds is 6. The van der Waals surface area contributed by atoms with Crippen molar-refractivity contribution in [3.05, 3.63) is 36.2 Å². The van der Waals surface area contributed by atoms with Crippen molar-refractivity contribution in [2.24, 2.45) is 0 Å². The largest absolute Gasteiger partial charge is 0.492 e. The maximum Gasteiger partial charge on any atom is 0.254 e. The van der Waals surface area contributed by atoms with Crippen LogP contribution in [-0.4, -0.2) is 40.7 Å². The van der Waals surface area contributed by atoms with E-state index in [0.717, 1.165) is 10.9 Å². The number of nitrogens with zero attached hydrogens (tertiary/aromatic N) is 3. The molecule has 28 heavy (non-hydrogen) atoms. The molecule has 0 saturated heterocycles. The highest BCUT2D eigenvalue weighted by Crippen LogP contribution is 2.36. The van der Waals surface area contributed by atoms with E-state index in [1.807, 2.05) is 18.3 Å². The molecule has 9 nitrogen and oxygen atoms in total. The van der Waals surface area contributed by atoms with Crippen LogP contribution in [0.1, 0.15) is 28.3 Å². The van der Waals surface area contributed by atoms with Gasteiger partial charge in [0.15, 0.2) is 5.75 Å². The summed E-state index contributed by atoms with van der Waals surface area (Å²) in [6.07, 6.45) is 2.91. The normalized spacial score (nSPS) is 12.6. The molecule has 3 aromatic rings. The topological polar surface area (TPSA) is 110 Å². The van der Waals surface area contributed by atoms with E-state index >= 15 is 0 Å². The van der Waals surface area contributed by atoms with E-state index in [2.05, 4.69) is 20.7 Å². The van der Waals surface area contributed by atoms with Crippen LogP contribution in [0.2, 0.25) is 0 Å². The van der Waals surface area contributed by atoms with E-state index in [1.165, 1.54) is 26.3 Å². The minimum Gasteiger partial charge on any atom is -0.492 e. The summed E-state index contributed by atoms with van der Waals surface area (Å²) in [5, 5.41) is 12.8. The SMILES string of the molecule is [2H]C([2H])([2H])NC(=O)c1cnc(NC(C)=O)cc1Nc1ccc2cnn(CC)c2c1OC. The lowest BCUT2D eigenvalue weighted by atomic mass is 10.1. The van der Waals surface area contributed by atoms with Gasteiger partial charge in [-0.1, -0.05) is 0 Å². The number of carbonyl (C=O) groups is 2. The number of aromatic nitrogens is 3. The first kappa shape index (κ1) is 15.4. The van der Waals surface area contributed by atoms with Crippen LogP contribution < -0.4 is 20.7 Å². The van der Waals surface area contributed by atoms with Gasteiger partial charge < -0.3 is 20.7 Å². The molecule has 146 valence electrons. The quantitative estimate of drug-likeness (QED) is 0.601. The van der Waals surface area contributed by atoms with E-state index in [-0.39, 0.29) is 23.0 Å². The lowest BCUT2D eigenvalue weighted by molar-refractivity contribution is -0.114. The van der Waals surface area contributed by atoms with Crippen molar-refractivity contribution in [2.75, 3.05) is 24.7 Å². The number of hydrogen-bond acceptors (Lipinski definition) is 6. The number of carbonyl (C=O) groups excluding carboxylic acids is 2. The molecule has 0 spiro atoms. The number of ether oxygens (including phenoxy) is 1. The molecule has 0 aliphatic heterocycles. The summed E-state index contributed by atoms with van der Waals surface area (Å²) >= 11 is 0. The predicted octanol–water partition coefficient (Wildman–Crippen LogP) is 2.52. The van der Waals surface area contributed by atoms with Gasteiger partial charge in [-0.3, -0.25) is 14.3 Å². The highest BCUT2D eigenvalue weighted by atomic mass is 16.5. The molecule has 0 aliphatic rings. The fourth-order valence-electron chi connectivity index (χ4n) is 2.89. The smallest absolute Gasteiger partial charge is 0.254 e. The van der Waals surface area contributed by atoms with Crippen LogP contribution in [0.25, 0.3) is 10.9 Å². The molecule has 0 aliphatic carbocycles. The Kier molecular flexibility index (Phi) is 4.38. The van der Waals surface area contributed by atoms with Crippen molar-refractivity contribution >= 4 is 39.9 Å². The van der Waals surface area contributed by atoms with Crippen molar-refractivity contribution < 1.29 is 18.4 Å². The van der Waals surface area contributed by atoms with Crippen LogP contribution >= 0.6 is 0 Å². The van der Waals surface area contributed by atoms with Gasteiger partial charge in [0.2, 0.25) is 5.91 Å². The number of amides is 2. The van der Waals surface area contributed by atoms with Gasteiger partial charge in [-0.15, -0.1) is 0 Å². The van der Waals surface area contributed by atoms with Crippen LogP contribution in [0.5, 0.6) is 5.75 Å². The molecule has 1 aromatic carbocycles. The maximum absolute atomic E-state index is 12.5. The summed E-state index contributed by atoms with van der Waals surface area (Å²) in [5.41, 5.74) is 1.50. The van der Waals surface area contributed by atoms with Crippen molar-refractivity contribution in [1.29, 1.82) is 0 Å². The van der Waals surface area contributed by atoms with Gasteiger partial charge in [-0.25, -0.2) is 4.98 Å². The first-order chi connectivity index (χ1) is 14.6. The summed E-state index contributed by atoms with van der Waals surface area (Å²) in [6, 6.07) is 5.04. The number of fused-ring (bicyclic) bond motifs is 1. The Morgan fingerprint density at radius 2 is 2.11 bits per heavy atom. The van der Waals surface area contributed by atoms with E-state index in [0.29, 0.717) is 18.0 Å². The first-order valence-corrected chi connectivity index (χ1v) is 8.52. The van der Waals surface area contributed by atoms with Crippen LogP contribution in [0, 0.1) is 0 Å². The number of benzene rings is 1. The zero-order valence-corrected chi connectivity index (χ0v) is 15.7. The Morgan fingerprint density at radius 3 is 2.79 bits per heavy atom. The zero-order valence-electron chi connectivity index (χ0n) is 18.7. The molecule has 2 aromatic heterocycles. The highest BCUT2D eigenvalue weighted by molar-refractivity contribution is 6.02. The molecule has 3 rings (SSSR count). The standard InChI is InChI=1S/C19H22N6O3/c1-5-25-17-12(9-22-25)6-7-14(18(17)28-4)24-15-8-16(23-11(2)26)21-10-13(15)19(27)20-3/h6-10H,5H2,1-4H3,(H,20,27)(H2,21,23,24,26)/i3D3. The molecule has 0 atom stereocenters. The summed E-state index contributed by atoms with van der Waals surface area (Å²) in [5.74, 6) is -0.497. The molecular weight excluding hydrogens is 360 g/mol. The van der Waals surface area contributed by atoms with Crippen LogP contribution in [0.4, 0.5) is 17.2 Å². The Bertz CT molecular complexity index is 1140. The molecule has 0 fully saturated rings. The van der Waals surface area contributed by atoms with E-state index in [1.54, 1.807) is 16.9 Å². The Morgan fingerprint density at radius 1 is 1.29 bits per heavy atom. The molecule has 0 saturated carbocycles. The molecule has 2 amide bonds. The van der Waals surface area contributed by atoms with Crippen molar-refractivity contribution in [2.45, 2.75) is 20.4 Å². The Hall–Kier alpha value is -3.62. The fraction of sp³-hybridized carbons (Fsp3) is 0.263. The highest BCUT2D eigenvalue weighted by Gasteiger charge is 2.17. The fourth-order valence-corrected chi connectivity index (χ4v) is 2.89.